The molecule has 1 fully saturated rings. The van der Waals surface area contributed by atoms with Gasteiger partial charge in [0.2, 0.25) is 6.41 Å². The first kappa shape index (κ1) is 19.2. The predicted molar refractivity (Wildman–Crippen MR) is 97.5 cm³/mol. The number of aromatic amines is 1. The maximum atomic E-state index is 8.58. The van der Waals surface area contributed by atoms with Crippen LogP contribution >= 0.6 is 0 Å². The number of benzene rings is 1. The van der Waals surface area contributed by atoms with E-state index >= 15 is 0 Å². The highest BCUT2D eigenvalue weighted by atomic mass is 16.1. The minimum Gasteiger partial charge on any atom is -0.372 e. The summed E-state index contributed by atoms with van der Waals surface area (Å²) in [4.78, 5) is 12.0. The number of aromatic nitrogens is 1. The molecule has 1 saturated heterocycles. The number of rotatable bonds is 4. The SMILES string of the molecule is C1CNCCN1.CCCCCc1cc2ccccc2[nH]1.NC=O. The van der Waals surface area contributed by atoms with Gasteiger partial charge in [-0.1, -0.05) is 38.0 Å². The second-order valence-electron chi connectivity index (χ2n) is 5.48. The molecular formula is C18H30N4O. The Kier molecular flexibility index (Phi) is 10.6. The number of carbonyl (C=O) groups is 1. The Morgan fingerprint density at radius 3 is 2.22 bits per heavy atom. The Balaban J connectivity index is 0.000000244. The molecule has 0 aliphatic carbocycles. The van der Waals surface area contributed by atoms with E-state index in [1.807, 2.05) is 0 Å². The van der Waals surface area contributed by atoms with E-state index in [9.17, 15) is 0 Å². The van der Waals surface area contributed by atoms with Crippen molar-refractivity contribution in [2.75, 3.05) is 26.2 Å². The molecule has 1 aliphatic heterocycles. The van der Waals surface area contributed by atoms with Crippen molar-refractivity contribution in [1.29, 1.82) is 0 Å². The van der Waals surface area contributed by atoms with Gasteiger partial charge in [-0.15, -0.1) is 0 Å². The van der Waals surface area contributed by atoms with Gasteiger partial charge < -0.3 is 21.4 Å². The van der Waals surface area contributed by atoms with E-state index in [0.717, 1.165) is 26.2 Å². The molecule has 5 heteroatoms. The number of primary amides is 1. The van der Waals surface area contributed by atoms with Crippen molar-refractivity contribution in [1.82, 2.24) is 15.6 Å². The van der Waals surface area contributed by atoms with Gasteiger partial charge in [0, 0.05) is 37.4 Å². The number of para-hydroxylation sites is 1. The van der Waals surface area contributed by atoms with Gasteiger partial charge in [0.1, 0.15) is 0 Å². The van der Waals surface area contributed by atoms with Gasteiger partial charge in [0.15, 0.2) is 0 Å². The Labute approximate surface area is 139 Å². The number of piperazine rings is 1. The first-order valence-corrected chi connectivity index (χ1v) is 8.45. The van der Waals surface area contributed by atoms with Gasteiger partial charge in [0.05, 0.1) is 0 Å². The van der Waals surface area contributed by atoms with Crippen molar-refractivity contribution in [3.63, 3.8) is 0 Å². The third kappa shape index (κ3) is 8.38. The molecule has 1 aliphatic rings. The average Bonchev–Trinajstić information content (AvgIpc) is 3.01. The van der Waals surface area contributed by atoms with Crippen LogP contribution in [0.25, 0.3) is 10.9 Å². The van der Waals surface area contributed by atoms with Crippen molar-refractivity contribution in [3.05, 3.63) is 36.0 Å². The number of hydrogen-bond acceptors (Lipinski definition) is 3. The number of aryl methyl sites for hydroxylation is 1. The number of fused-ring (bicyclic) bond motifs is 1. The zero-order valence-corrected chi connectivity index (χ0v) is 14.1. The van der Waals surface area contributed by atoms with Crippen molar-refractivity contribution in [2.45, 2.75) is 32.6 Å². The van der Waals surface area contributed by atoms with Gasteiger partial charge in [-0.3, -0.25) is 4.79 Å². The maximum absolute atomic E-state index is 8.58. The number of nitrogens with two attached hydrogens (primary N) is 1. The number of nitrogens with one attached hydrogen (secondary N) is 3. The number of unbranched alkanes of at least 4 members (excludes halogenated alkanes) is 2. The monoisotopic (exact) mass is 318 g/mol. The summed E-state index contributed by atoms with van der Waals surface area (Å²) in [5.74, 6) is 0. The third-order valence-electron chi connectivity index (χ3n) is 3.59. The van der Waals surface area contributed by atoms with Crippen LogP contribution in [0, 0.1) is 0 Å². The smallest absolute Gasteiger partial charge is 0.204 e. The lowest BCUT2D eigenvalue weighted by Crippen LogP contribution is -2.39. The first-order chi connectivity index (χ1) is 11.3. The molecule has 0 spiro atoms. The molecule has 1 aromatic carbocycles. The fourth-order valence-electron chi connectivity index (χ4n) is 2.44. The van der Waals surface area contributed by atoms with Crippen LogP contribution < -0.4 is 16.4 Å². The van der Waals surface area contributed by atoms with Gasteiger partial charge >= 0.3 is 0 Å². The van der Waals surface area contributed by atoms with E-state index in [2.05, 4.69) is 58.6 Å². The number of hydrogen-bond donors (Lipinski definition) is 4. The number of amides is 1. The van der Waals surface area contributed by atoms with Crippen LogP contribution in [0.4, 0.5) is 0 Å². The van der Waals surface area contributed by atoms with Crippen molar-refractivity contribution in [2.24, 2.45) is 5.73 Å². The largest absolute Gasteiger partial charge is 0.372 e. The second kappa shape index (κ2) is 12.7. The molecule has 1 amide bonds. The zero-order valence-electron chi connectivity index (χ0n) is 14.1. The summed E-state index contributed by atoms with van der Waals surface area (Å²) >= 11 is 0. The molecule has 0 bridgehead atoms. The lowest BCUT2D eigenvalue weighted by atomic mass is 10.1. The molecule has 5 N–H and O–H groups in total. The van der Waals surface area contributed by atoms with E-state index < -0.39 is 0 Å². The Morgan fingerprint density at radius 2 is 1.70 bits per heavy atom. The molecule has 0 saturated carbocycles. The summed E-state index contributed by atoms with van der Waals surface area (Å²) in [5, 5.41) is 7.78. The van der Waals surface area contributed by atoms with Crippen LogP contribution in [0.3, 0.4) is 0 Å². The van der Waals surface area contributed by atoms with Crippen molar-refractivity contribution in [3.8, 4) is 0 Å². The highest BCUT2D eigenvalue weighted by Crippen LogP contribution is 2.16. The molecular weight excluding hydrogens is 288 g/mol. The third-order valence-corrected chi connectivity index (χ3v) is 3.59. The molecule has 3 rings (SSSR count). The van der Waals surface area contributed by atoms with Gasteiger partial charge in [-0.05, 0) is 30.4 Å². The van der Waals surface area contributed by atoms with E-state index in [0.29, 0.717) is 0 Å². The topological polar surface area (TPSA) is 82.9 Å². The van der Waals surface area contributed by atoms with Crippen LogP contribution in [0.15, 0.2) is 30.3 Å². The summed E-state index contributed by atoms with van der Waals surface area (Å²) < 4.78 is 0. The van der Waals surface area contributed by atoms with Gasteiger partial charge in [-0.2, -0.15) is 0 Å². The van der Waals surface area contributed by atoms with E-state index in [1.54, 1.807) is 0 Å². The average molecular weight is 318 g/mol. The number of H-pyrrole nitrogens is 1. The highest BCUT2D eigenvalue weighted by molar-refractivity contribution is 5.80. The molecule has 2 heterocycles. The first-order valence-electron chi connectivity index (χ1n) is 8.45. The molecule has 23 heavy (non-hydrogen) atoms. The summed E-state index contributed by atoms with van der Waals surface area (Å²) in [5.41, 5.74) is 6.80. The summed E-state index contributed by atoms with van der Waals surface area (Å²) in [6.07, 6.45) is 5.35. The lowest BCUT2D eigenvalue weighted by molar-refractivity contribution is -0.106. The highest BCUT2D eigenvalue weighted by Gasteiger charge is 1.98. The van der Waals surface area contributed by atoms with E-state index in [4.69, 9.17) is 4.79 Å². The van der Waals surface area contributed by atoms with Crippen molar-refractivity contribution < 1.29 is 4.79 Å². The van der Waals surface area contributed by atoms with E-state index in [-0.39, 0.29) is 6.41 Å². The molecule has 0 atom stereocenters. The Bertz CT molecular complexity index is 490. The fraction of sp³-hybridized carbons (Fsp3) is 0.500. The minimum atomic E-state index is 0.250. The van der Waals surface area contributed by atoms with Gasteiger partial charge in [0.25, 0.3) is 0 Å². The van der Waals surface area contributed by atoms with Crippen LogP contribution in [0.1, 0.15) is 31.9 Å². The minimum absolute atomic E-state index is 0.250. The quantitative estimate of drug-likeness (QED) is 0.515. The molecule has 1 aromatic heterocycles. The number of carbonyl (C=O) groups excluding carboxylic acids is 1. The van der Waals surface area contributed by atoms with Crippen LogP contribution in [-0.2, 0) is 11.2 Å². The van der Waals surface area contributed by atoms with Crippen molar-refractivity contribution >= 4 is 17.3 Å². The summed E-state index contributed by atoms with van der Waals surface area (Å²) in [7, 11) is 0. The van der Waals surface area contributed by atoms with Crippen LogP contribution in [-0.4, -0.2) is 37.6 Å². The molecule has 2 aromatic rings. The lowest BCUT2D eigenvalue weighted by Gasteiger charge is -2.11. The molecule has 128 valence electrons. The van der Waals surface area contributed by atoms with Crippen LogP contribution in [0.2, 0.25) is 0 Å². The maximum Gasteiger partial charge on any atom is 0.204 e. The summed E-state index contributed by atoms with van der Waals surface area (Å²) in [6, 6.07) is 10.7. The molecule has 0 unspecified atom stereocenters. The fourth-order valence-corrected chi connectivity index (χ4v) is 2.44. The normalized spacial score (nSPS) is 13.4. The summed E-state index contributed by atoms with van der Waals surface area (Å²) in [6.45, 7) is 6.80. The Hall–Kier alpha value is -1.85. The van der Waals surface area contributed by atoms with Crippen LogP contribution in [0.5, 0.6) is 0 Å². The Morgan fingerprint density at radius 1 is 1.09 bits per heavy atom. The predicted octanol–water partition coefficient (Wildman–Crippen LogP) is 2.18. The van der Waals surface area contributed by atoms with Gasteiger partial charge in [-0.25, -0.2) is 0 Å². The van der Waals surface area contributed by atoms with E-state index in [1.165, 1.54) is 42.3 Å². The molecule has 0 radical (unpaired) electrons. The standard InChI is InChI=1S/C13H17N.C4H10N2.CH3NO/c1-2-3-4-8-12-10-11-7-5-6-9-13(11)14-12;1-2-6-4-3-5-1;2-1-3/h5-7,9-10,14H,2-4,8H2,1H3;5-6H,1-4H2;1H,(H2,2,3). The second-order valence-corrected chi connectivity index (χ2v) is 5.48. The molecule has 5 nitrogen and oxygen atoms in total. The zero-order chi connectivity index (χ0) is 16.8.